The molecule has 6 nitrogen and oxygen atoms in total. The summed E-state index contributed by atoms with van der Waals surface area (Å²) in [5, 5.41) is 0. The predicted molar refractivity (Wildman–Crippen MR) is 83.5 cm³/mol. The van der Waals surface area contributed by atoms with Crippen molar-refractivity contribution in [2.75, 3.05) is 19.7 Å². The summed E-state index contributed by atoms with van der Waals surface area (Å²) in [5.74, 6) is 0.0730. The van der Waals surface area contributed by atoms with Crippen molar-refractivity contribution in [2.45, 2.75) is 19.7 Å². The second-order valence-corrected chi connectivity index (χ2v) is 5.11. The molecule has 0 fully saturated rings. The van der Waals surface area contributed by atoms with E-state index < -0.39 is 6.36 Å². The van der Waals surface area contributed by atoms with Gasteiger partial charge in [0, 0.05) is 18.9 Å². The van der Waals surface area contributed by atoms with Crippen molar-refractivity contribution in [1.82, 2.24) is 14.5 Å². The van der Waals surface area contributed by atoms with Crippen LogP contribution in [-0.4, -0.2) is 46.5 Å². The lowest BCUT2D eigenvalue weighted by atomic mass is 10.3. The number of ether oxygens (including phenoxy) is 2. The monoisotopic (exact) mass is 357 g/mol. The van der Waals surface area contributed by atoms with Crippen molar-refractivity contribution < 1.29 is 27.4 Å². The van der Waals surface area contributed by atoms with Gasteiger partial charge in [0.05, 0.1) is 6.54 Å². The first-order valence-electron chi connectivity index (χ1n) is 7.65. The number of alkyl halides is 3. The first kappa shape index (κ1) is 18.6. The standard InChI is InChI=1S/C16H18F3N3O3/c1-2-8-21(15(23)22-9-7-20-12-22)10-11-24-13-3-5-14(6-4-13)25-16(17,18)19/h3-7,9,12H,2,8,10-11H2,1H3. The summed E-state index contributed by atoms with van der Waals surface area (Å²) in [6, 6.07) is 4.88. The number of amides is 1. The fraction of sp³-hybridized carbons (Fsp3) is 0.375. The molecule has 1 heterocycles. The van der Waals surface area contributed by atoms with Crippen LogP contribution >= 0.6 is 0 Å². The van der Waals surface area contributed by atoms with E-state index in [4.69, 9.17) is 4.74 Å². The van der Waals surface area contributed by atoms with Crippen molar-refractivity contribution in [3.63, 3.8) is 0 Å². The van der Waals surface area contributed by atoms with Crippen LogP contribution in [0.1, 0.15) is 13.3 Å². The van der Waals surface area contributed by atoms with Crippen LogP contribution in [0.4, 0.5) is 18.0 Å². The van der Waals surface area contributed by atoms with E-state index in [2.05, 4.69) is 9.72 Å². The average molecular weight is 357 g/mol. The van der Waals surface area contributed by atoms with Crippen LogP contribution in [0.2, 0.25) is 0 Å². The second kappa shape index (κ2) is 8.41. The van der Waals surface area contributed by atoms with Crippen molar-refractivity contribution >= 4 is 6.03 Å². The number of imidazole rings is 1. The van der Waals surface area contributed by atoms with E-state index in [0.717, 1.165) is 6.42 Å². The van der Waals surface area contributed by atoms with Gasteiger partial charge in [0.2, 0.25) is 0 Å². The van der Waals surface area contributed by atoms with Crippen molar-refractivity contribution in [3.8, 4) is 11.5 Å². The number of nitrogens with zero attached hydrogens (tertiary/aromatic N) is 3. The number of benzene rings is 1. The van der Waals surface area contributed by atoms with Crippen LogP contribution in [-0.2, 0) is 0 Å². The molecule has 0 bridgehead atoms. The highest BCUT2D eigenvalue weighted by molar-refractivity contribution is 5.76. The molecular weight excluding hydrogens is 339 g/mol. The first-order chi connectivity index (χ1) is 11.9. The van der Waals surface area contributed by atoms with Gasteiger partial charge in [-0.05, 0) is 30.7 Å². The summed E-state index contributed by atoms with van der Waals surface area (Å²) in [7, 11) is 0. The fourth-order valence-electron chi connectivity index (χ4n) is 2.12. The van der Waals surface area contributed by atoms with Gasteiger partial charge in [0.1, 0.15) is 24.4 Å². The van der Waals surface area contributed by atoms with Gasteiger partial charge in [0.25, 0.3) is 0 Å². The molecule has 0 radical (unpaired) electrons. The van der Waals surface area contributed by atoms with Crippen molar-refractivity contribution in [2.24, 2.45) is 0 Å². The average Bonchev–Trinajstić information content (AvgIpc) is 3.08. The largest absolute Gasteiger partial charge is 0.573 e. The Balaban J connectivity index is 1.86. The molecule has 9 heteroatoms. The molecule has 25 heavy (non-hydrogen) atoms. The molecule has 1 aromatic carbocycles. The number of carbonyl (C=O) groups excluding carboxylic acids is 1. The Morgan fingerprint density at radius 2 is 1.88 bits per heavy atom. The predicted octanol–water partition coefficient (Wildman–Crippen LogP) is 3.54. The zero-order valence-corrected chi connectivity index (χ0v) is 13.6. The molecular formula is C16H18F3N3O3. The molecule has 2 aromatic rings. The quantitative estimate of drug-likeness (QED) is 0.761. The highest BCUT2D eigenvalue weighted by Crippen LogP contribution is 2.24. The maximum atomic E-state index is 12.3. The van der Waals surface area contributed by atoms with Gasteiger partial charge in [-0.3, -0.25) is 4.57 Å². The Labute approximate surface area is 142 Å². The Morgan fingerprint density at radius 1 is 1.20 bits per heavy atom. The van der Waals surface area contributed by atoms with Gasteiger partial charge in [-0.15, -0.1) is 13.2 Å². The minimum Gasteiger partial charge on any atom is -0.492 e. The molecule has 0 saturated heterocycles. The first-order valence-corrected chi connectivity index (χ1v) is 7.65. The van der Waals surface area contributed by atoms with Gasteiger partial charge in [0.15, 0.2) is 0 Å². The topological polar surface area (TPSA) is 56.6 Å². The summed E-state index contributed by atoms with van der Waals surface area (Å²) in [6.45, 7) is 3.05. The minimum absolute atomic E-state index is 0.208. The van der Waals surface area contributed by atoms with E-state index in [-0.39, 0.29) is 18.4 Å². The van der Waals surface area contributed by atoms with Gasteiger partial charge < -0.3 is 14.4 Å². The highest BCUT2D eigenvalue weighted by atomic mass is 19.4. The zero-order valence-electron chi connectivity index (χ0n) is 13.6. The third-order valence-corrected chi connectivity index (χ3v) is 3.18. The number of carbonyl (C=O) groups is 1. The number of hydrogen-bond acceptors (Lipinski definition) is 4. The fourth-order valence-corrected chi connectivity index (χ4v) is 2.12. The van der Waals surface area contributed by atoms with Crippen LogP contribution in [0.3, 0.4) is 0 Å². The Hall–Kier alpha value is -2.71. The SMILES string of the molecule is CCCN(CCOc1ccc(OC(F)(F)F)cc1)C(=O)n1ccnc1. The maximum Gasteiger partial charge on any atom is 0.573 e. The zero-order chi connectivity index (χ0) is 18.3. The van der Waals surface area contributed by atoms with E-state index in [0.29, 0.717) is 18.8 Å². The molecule has 0 aliphatic heterocycles. The van der Waals surface area contributed by atoms with Crippen molar-refractivity contribution in [3.05, 3.63) is 43.0 Å². The van der Waals surface area contributed by atoms with Crippen LogP contribution in [0.5, 0.6) is 11.5 Å². The van der Waals surface area contributed by atoms with Crippen LogP contribution in [0, 0.1) is 0 Å². The lowest BCUT2D eigenvalue weighted by Gasteiger charge is -2.22. The number of rotatable bonds is 7. The van der Waals surface area contributed by atoms with Gasteiger partial charge in [-0.25, -0.2) is 9.78 Å². The molecule has 0 unspecified atom stereocenters. The molecule has 0 N–H and O–H groups in total. The van der Waals surface area contributed by atoms with E-state index in [9.17, 15) is 18.0 Å². The van der Waals surface area contributed by atoms with Gasteiger partial charge >= 0.3 is 12.4 Å². The molecule has 0 aliphatic rings. The minimum atomic E-state index is -4.73. The number of halogens is 3. The molecule has 136 valence electrons. The Morgan fingerprint density at radius 3 is 2.44 bits per heavy atom. The molecule has 0 aliphatic carbocycles. The Bertz CT molecular complexity index is 658. The molecule has 1 amide bonds. The van der Waals surface area contributed by atoms with Crippen LogP contribution < -0.4 is 9.47 Å². The summed E-state index contributed by atoms with van der Waals surface area (Å²) in [4.78, 5) is 17.7. The van der Waals surface area contributed by atoms with Crippen LogP contribution in [0.25, 0.3) is 0 Å². The second-order valence-electron chi connectivity index (χ2n) is 5.11. The Kier molecular flexibility index (Phi) is 6.26. The smallest absolute Gasteiger partial charge is 0.492 e. The summed E-state index contributed by atoms with van der Waals surface area (Å²) in [6.07, 6.45) is 0.556. The summed E-state index contributed by atoms with van der Waals surface area (Å²) >= 11 is 0. The third-order valence-electron chi connectivity index (χ3n) is 3.18. The summed E-state index contributed by atoms with van der Waals surface area (Å²) < 4.78 is 46.9. The molecule has 0 spiro atoms. The van der Waals surface area contributed by atoms with E-state index in [1.54, 1.807) is 11.1 Å². The normalized spacial score (nSPS) is 11.2. The maximum absolute atomic E-state index is 12.3. The van der Waals surface area contributed by atoms with E-state index >= 15 is 0 Å². The third kappa shape index (κ3) is 6.02. The number of hydrogen-bond donors (Lipinski definition) is 0. The summed E-state index contributed by atoms with van der Waals surface area (Å²) in [5.41, 5.74) is 0. The highest BCUT2D eigenvalue weighted by Gasteiger charge is 2.30. The lowest BCUT2D eigenvalue weighted by molar-refractivity contribution is -0.274. The van der Waals surface area contributed by atoms with Gasteiger partial charge in [-0.2, -0.15) is 0 Å². The molecule has 2 rings (SSSR count). The lowest BCUT2D eigenvalue weighted by Crippen LogP contribution is -2.37. The van der Waals surface area contributed by atoms with Gasteiger partial charge in [-0.1, -0.05) is 6.92 Å². The van der Waals surface area contributed by atoms with Crippen LogP contribution in [0.15, 0.2) is 43.0 Å². The molecule has 0 atom stereocenters. The molecule has 0 saturated carbocycles. The number of aromatic nitrogens is 2. The van der Waals surface area contributed by atoms with Crippen molar-refractivity contribution in [1.29, 1.82) is 0 Å². The van der Waals surface area contributed by atoms with E-state index in [1.807, 2.05) is 6.92 Å². The van der Waals surface area contributed by atoms with E-state index in [1.165, 1.54) is 41.4 Å². The molecule has 1 aromatic heterocycles.